The van der Waals surface area contributed by atoms with E-state index in [2.05, 4.69) is 17.7 Å². The Bertz CT molecular complexity index is 232. The van der Waals surface area contributed by atoms with Crippen molar-refractivity contribution >= 4 is 5.97 Å². The van der Waals surface area contributed by atoms with Gasteiger partial charge in [-0.2, -0.15) is 5.26 Å². The molecule has 0 heterocycles. The van der Waals surface area contributed by atoms with E-state index >= 15 is 0 Å². The Morgan fingerprint density at radius 1 is 1.64 bits per heavy atom. The highest BCUT2D eigenvalue weighted by Crippen LogP contribution is 2.33. The summed E-state index contributed by atoms with van der Waals surface area (Å²) < 4.78 is 4.56. The molecule has 0 aliphatic heterocycles. The van der Waals surface area contributed by atoms with Crippen LogP contribution in [0.15, 0.2) is 0 Å². The Morgan fingerprint density at radius 2 is 2.21 bits per heavy atom. The maximum absolute atomic E-state index is 11.0. The Hall–Kier alpha value is -1.04. The van der Waals surface area contributed by atoms with Gasteiger partial charge in [0.05, 0.1) is 18.6 Å². The summed E-state index contributed by atoms with van der Waals surface area (Å²) in [7, 11) is 1.37. The van der Waals surface area contributed by atoms with Crippen LogP contribution in [0.5, 0.6) is 0 Å². The molecule has 0 fully saturated rings. The molecule has 0 aromatic rings. The van der Waals surface area contributed by atoms with Crippen LogP contribution in [0.25, 0.3) is 0 Å². The van der Waals surface area contributed by atoms with Crippen LogP contribution in [0.3, 0.4) is 0 Å². The SMILES string of the molecule is CCC(C)C(C)(C#N)CCC(=O)OC. The van der Waals surface area contributed by atoms with Crippen molar-refractivity contribution in [2.45, 2.75) is 40.0 Å². The predicted molar refractivity (Wildman–Crippen MR) is 54.4 cm³/mol. The van der Waals surface area contributed by atoms with Crippen molar-refractivity contribution in [2.75, 3.05) is 7.11 Å². The highest BCUT2D eigenvalue weighted by atomic mass is 16.5. The number of carbonyl (C=O) groups excluding carboxylic acids is 1. The zero-order chi connectivity index (χ0) is 11.2. The van der Waals surface area contributed by atoms with Crippen molar-refractivity contribution in [1.29, 1.82) is 5.26 Å². The molecule has 0 rings (SSSR count). The molecule has 0 saturated carbocycles. The molecule has 0 spiro atoms. The minimum absolute atomic E-state index is 0.241. The highest BCUT2D eigenvalue weighted by molar-refractivity contribution is 5.69. The summed E-state index contributed by atoms with van der Waals surface area (Å²) in [5.41, 5.74) is -0.414. The standard InChI is InChI=1S/C11H19NO2/c1-5-9(2)11(3,8-12)7-6-10(13)14-4/h9H,5-7H2,1-4H3. The molecule has 3 heteroatoms. The summed E-state index contributed by atoms with van der Waals surface area (Å²) in [6, 6.07) is 2.30. The number of carbonyl (C=O) groups is 1. The summed E-state index contributed by atoms with van der Waals surface area (Å²) >= 11 is 0. The molecular weight excluding hydrogens is 178 g/mol. The average molecular weight is 197 g/mol. The summed E-state index contributed by atoms with van der Waals surface area (Å²) in [5.74, 6) is 0.0620. The van der Waals surface area contributed by atoms with Crippen molar-refractivity contribution in [2.24, 2.45) is 11.3 Å². The molecule has 0 amide bonds. The number of hydrogen-bond acceptors (Lipinski definition) is 3. The second-order valence-corrected chi connectivity index (χ2v) is 3.91. The molecule has 0 aliphatic rings. The zero-order valence-corrected chi connectivity index (χ0v) is 9.46. The van der Waals surface area contributed by atoms with Gasteiger partial charge in [0.2, 0.25) is 0 Å². The van der Waals surface area contributed by atoms with Crippen LogP contribution in [0.1, 0.15) is 40.0 Å². The molecule has 0 N–H and O–H groups in total. The third-order valence-electron chi connectivity index (χ3n) is 3.03. The molecule has 14 heavy (non-hydrogen) atoms. The maximum Gasteiger partial charge on any atom is 0.305 e. The number of esters is 1. The zero-order valence-electron chi connectivity index (χ0n) is 9.46. The number of hydrogen-bond donors (Lipinski definition) is 0. The quantitative estimate of drug-likeness (QED) is 0.636. The third-order valence-corrected chi connectivity index (χ3v) is 3.03. The molecule has 2 atom stereocenters. The molecule has 80 valence electrons. The minimum atomic E-state index is -0.414. The fourth-order valence-corrected chi connectivity index (χ4v) is 1.33. The van der Waals surface area contributed by atoms with E-state index in [0.717, 1.165) is 6.42 Å². The topological polar surface area (TPSA) is 50.1 Å². The predicted octanol–water partition coefficient (Wildman–Crippen LogP) is 2.52. The summed E-state index contributed by atoms with van der Waals surface area (Å²) in [5, 5.41) is 9.07. The smallest absolute Gasteiger partial charge is 0.305 e. The van der Waals surface area contributed by atoms with E-state index in [1.807, 2.05) is 13.8 Å². The first kappa shape index (κ1) is 13.0. The van der Waals surface area contributed by atoms with Crippen LogP contribution < -0.4 is 0 Å². The number of nitriles is 1. The van der Waals surface area contributed by atoms with Gasteiger partial charge in [0, 0.05) is 6.42 Å². The normalized spacial score (nSPS) is 16.5. The van der Waals surface area contributed by atoms with Crippen LogP contribution >= 0.6 is 0 Å². The van der Waals surface area contributed by atoms with Gasteiger partial charge in [-0.15, -0.1) is 0 Å². The third kappa shape index (κ3) is 3.37. The fraction of sp³-hybridized carbons (Fsp3) is 0.818. The molecule has 0 saturated heterocycles. The molecule has 0 aliphatic carbocycles. The molecule has 2 unspecified atom stereocenters. The van der Waals surface area contributed by atoms with E-state index in [9.17, 15) is 4.79 Å². The van der Waals surface area contributed by atoms with Crippen molar-refractivity contribution < 1.29 is 9.53 Å². The maximum atomic E-state index is 11.0. The van der Waals surface area contributed by atoms with Crippen molar-refractivity contribution in [1.82, 2.24) is 0 Å². The second-order valence-electron chi connectivity index (χ2n) is 3.91. The summed E-state index contributed by atoms with van der Waals surface area (Å²) in [6.45, 7) is 6.00. The first-order valence-electron chi connectivity index (χ1n) is 4.98. The average Bonchev–Trinajstić information content (AvgIpc) is 2.23. The van der Waals surface area contributed by atoms with E-state index in [-0.39, 0.29) is 5.97 Å². The van der Waals surface area contributed by atoms with Gasteiger partial charge in [0.25, 0.3) is 0 Å². The van der Waals surface area contributed by atoms with Gasteiger partial charge < -0.3 is 4.74 Å². The number of nitrogens with zero attached hydrogens (tertiary/aromatic N) is 1. The Labute approximate surface area is 86.1 Å². The van der Waals surface area contributed by atoms with Gasteiger partial charge in [-0.25, -0.2) is 0 Å². The molecule has 0 aromatic heterocycles. The lowest BCUT2D eigenvalue weighted by atomic mass is 9.75. The largest absolute Gasteiger partial charge is 0.469 e. The molecule has 0 radical (unpaired) electrons. The monoisotopic (exact) mass is 197 g/mol. The Balaban J connectivity index is 4.28. The molecule has 0 bridgehead atoms. The van der Waals surface area contributed by atoms with Crippen LogP contribution in [-0.4, -0.2) is 13.1 Å². The molecular formula is C11H19NO2. The number of rotatable bonds is 5. The van der Waals surface area contributed by atoms with Crippen LogP contribution in [-0.2, 0) is 9.53 Å². The lowest BCUT2D eigenvalue weighted by Gasteiger charge is -2.27. The van der Waals surface area contributed by atoms with Gasteiger partial charge in [0.15, 0.2) is 0 Å². The first-order valence-corrected chi connectivity index (χ1v) is 4.98. The van der Waals surface area contributed by atoms with Gasteiger partial charge in [-0.05, 0) is 19.3 Å². The minimum Gasteiger partial charge on any atom is -0.469 e. The van der Waals surface area contributed by atoms with E-state index in [0.29, 0.717) is 18.8 Å². The Morgan fingerprint density at radius 3 is 2.57 bits per heavy atom. The van der Waals surface area contributed by atoms with E-state index < -0.39 is 5.41 Å². The second kappa shape index (κ2) is 5.64. The van der Waals surface area contributed by atoms with Crippen LogP contribution in [0, 0.1) is 22.7 Å². The summed E-state index contributed by atoms with van der Waals surface area (Å²) in [6.07, 6.45) is 1.85. The van der Waals surface area contributed by atoms with Gasteiger partial charge in [-0.3, -0.25) is 4.79 Å². The van der Waals surface area contributed by atoms with Crippen LogP contribution in [0.4, 0.5) is 0 Å². The van der Waals surface area contributed by atoms with Crippen molar-refractivity contribution in [3.8, 4) is 6.07 Å². The van der Waals surface area contributed by atoms with Crippen molar-refractivity contribution in [3.05, 3.63) is 0 Å². The lowest BCUT2D eigenvalue weighted by Crippen LogP contribution is -2.24. The van der Waals surface area contributed by atoms with E-state index in [1.165, 1.54) is 7.11 Å². The van der Waals surface area contributed by atoms with Crippen LogP contribution in [0.2, 0.25) is 0 Å². The first-order chi connectivity index (χ1) is 6.50. The molecule has 3 nitrogen and oxygen atoms in total. The van der Waals surface area contributed by atoms with E-state index in [1.54, 1.807) is 0 Å². The van der Waals surface area contributed by atoms with Gasteiger partial charge in [0.1, 0.15) is 0 Å². The van der Waals surface area contributed by atoms with E-state index in [4.69, 9.17) is 5.26 Å². The van der Waals surface area contributed by atoms with Gasteiger partial charge >= 0.3 is 5.97 Å². The number of methoxy groups -OCH3 is 1. The fourth-order valence-electron chi connectivity index (χ4n) is 1.33. The summed E-state index contributed by atoms with van der Waals surface area (Å²) in [4.78, 5) is 11.0. The van der Waals surface area contributed by atoms with Gasteiger partial charge in [-0.1, -0.05) is 20.3 Å². The lowest BCUT2D eigenvalue weighted by molar-refractivity contribution is -0.141. The van der Waals surface area contributed by atoms with Crippen molar-refractivity contribution in [3.63, 3.8) is 0 Å². The number of ether oxygens (including phenoxy) is 1. The molecule has 0 aromatic carbocycles. The highest BCUT2D eigenvalue weighted by Gasteiger charge is 2.30. The Kier molecular flexibility index (Phi) is 5.22.